The van der Waals surface area contributed by atoms with Crippen LogP contribution in [0.15, 0.2) is 0 Å². The number of amides is 3. The molecule has 0 radical (unpaired) electrons. The fraction of sp³-hybridized carbons (Fsp3) is 0.643. The van der Waals surface area contributed by atoms with Gasteiger partial charge in [-0.1, -0.05) is 25.7 Å². The Hall–Kier alpha value is -3.09. The Morgan fingerprint density at radius 1 is 0.821 bits per heavy atom. The summed E-state index contributed by atoms with van der Waals surface area (Å²) < 4.78 is 17.0. The van der Waals surface area contributed by atoms with Crippen LogP contribution < -0.4 is 16.0 Å². The van der Waals surface area contributed by atoms with Crippen molar-refractivity contribution in [3.05, 3.63) is 0 Å². The van der Waals surface area contributed by atoms with Crippen molar-refractivity contribution >= 4 is 31.1 Å². The Balaban J connectivity index is 5.52. The topological polar surface area (TPSA) is 151 Å². The number of ketones is 1. The molecule has 0 fully saturated rings. The number of hydrogen-bond donors (Lipinski definition) is 4. The summed E-state index contributed by atoms with van der Waals surface area (Å²) in [6.07, 6.45) is 17.7. The van der Waals surface area contributed by atoms with Crippen LogP contribution in [0.5, 0.6) is 0 Å². The highest BCUT2D eigenvalue weighted by Crippen LogP contribution is 2.47. The Morgan fingerprint density at radius 3 is 1.85 bits per heavy atom. The zero-order chi connectivity index (χ0) is 29.7. The Kier molecular flexibility index (Phi) is 18.3. The molecule has 0 heterocycles. The number of carbonyl (C=O) groups excluding carboxylic acids is 4. The second-order valence-corrected chi connectivity index (χ2v) is 11.9. The first-order valence-corrected chi connectivity index (χ1v) is 14.7. The number of hydrogen-bond acceptors (Lipinski definition) is 6. The molecule has 4 N–H and O–H groups in total. The van der Waals surface area contributed by atoms with Crippen molar-refractivity contribution in [3.63, 3.8) is 0 Å². The Bertz CT molecular complexity index is 905. The second kappa shape index (κ2) is 19.9. The van der Waals surface area contributed by atoms with E-state index in [0.29, 0.717) is 19.3 Å². The van der Waals surface area contributed by atoms with Gasteiger partial charge in [-0.3, -0.25) is 23.7 Å². The third-order valence-corrected chi connectivity index (χ3v) is 7.86. The van der Waals surface area contributed by atoms with Gasteiger partial charge in [-0.2, -0.15) is 0 Å². The van der Waals surface area contributed by atoms with Crippen molar-refractivity contribution in [2.45, 2.75) is 95.7 Å². The van der Waals surface area contributed by atoms with Crippen LogP contribution >= 0.6 is 7.60 Å². The van der Waals surface area contributed by atoms with E-state index >= 15 is 0 Å². The van der Waals surface area contributed by atoms with E-state index in [1.54, 1.807) is 13.8 Å². The van der Waals surface area contributed by atoms with Crippen LogP contribution in [0.2, 0.25) is 0 Å². The lowest BCUT2D eigenvalue weighted by Crippen LogP contribution is -2.50. The van der Waals surface area contributed by atoms with Gasteiger partial charge in [-0.05, 0) is 32.1 Å². The molecule has 10 nitrogen and oxygen atoms in total. The number of nitrogens with one attached hydrogen (secondary N) is 3. The monoisotopic (exact) mass is 563 g/mol. The van der Waals surface area contributed by atoms with Crippen LogP contribution in [0.1, 0.15) is 84.5 Å². The lowest BCUT2D eigenvalue weighted by Gasteiger charge is -2.35. The number of unbranched alkanes of at least 4 members (excludes halogenated alkanes) is 1. The quantitative estimate of drug-likeness (QED) is 0.0951. The largest absolute Gasteiger partial charge is 0.351 e. The van der Waals surface area contributed by atoms with Gasteiger partial charge in [-0.25, -0.2) is 0 Å². The van der Waals surface area contributed by atoms with Crippen molar-refractivity contribution in [3.8, 4) is 37.0 Å². The third-order valence-electron chi connectivity index (χ3n) is 6.00. The van der Waals surface area contributed by atoms with Crippen molar-refractivity contribution in [1.29, 1.82) is 0 Å². The Labute approximate surface area is 232 Å². The van der Waals surface area contributed by atoms with Gasteiger partial charge in [0.1, 0.15) is 5.78 Å². The van der Waals surface area contributed by atoms with Crippen LogP contribution in [-0.4, -0.2) is 59.3 Å². The van der Waals surface area contributed by atoms with Gasteiger partial charge in [0.15, 0.2) is 0 Å². The van der Waals surface area contributed by atoms with E-state index in [1.807, 2.05) is 0 Å². The maximum atomic E-state index is 13.0. The van der Waals surface area contributed by atoms with Gasteiger partial charge in [0.05, 0.1) is 25.4 Å². The van der Waals surface area contributed by atoms with Gasteiger partial charge in [0.25, 0.3) is 0 Å². The van der Waals surface area contributed by atoms with E-state index in [9.17, 15) is 28.6 Å². The normalized spacial score (nSPS) is 12.3. The predicted molar refractivity (Wildman–Crippen MR) is 150 cm³/mol. The summed E-state index contributed by atoms with van der Waals surface area (Å²) in [7, 11) is -3.69. The molecule has 216 valence electrons. The molecule has 0 aromatic carbocycles. The number of Topliss-reactive ketones (excluding diaryl/α,β-unsaturated/α-hetero) is 1. The third kappa shape index (κ3) is 17.2. The average molecular weight is 564 g/mol. The van der Waals surface area contributed by atoms with Crippen molar-refractivity contribution in [2.24, 2.45) is 0 Å². The molecule has 1 atom stereocenters. The Morgan fingerprint density at radius 2 is 1.36 bits per heavy atom. The summed E-state index contributed by atoms with van der Waals surface area (Å²) in [5.41, 5.74) is -1.56. The van der Waals surface area contributed by atoms with Crippen molar-refractivity contribution in [2.75, 3.05) is 19.7 Å². The fourth-order valence-corrected chi connectivity index (χ4v) is 4.24. The number of rotatable bonds is 21. The summed E-state index contributed by atoms with van der Waals surface area (Å²) in [6, 6.07) is 0. The van der Waals surface area contributed by atoms with Crippen molar-refractivity contribution in [1.82, 2.24) is 16.0 Å². The summed E-state index contributed by atoms with van der Waals surface area (Å²) >= 11 is 0. The molecule has 0 aliphatic carbocycles. The molecule has 0 saturated carbocycles. The average Bonchev–Trinajstić information content (AvgIpc) is 2.89. The zero-order valence-corrected chi connectivity index (χ0v) is 23.9. The van der Waals surface area contributed by atoms with Crippen LogP contribution in [0, 0.1) is 37.0 Å². The van der Waals surface area contributed by atoms with E-state index in [1.165, 1.54) is 0 Å². The van der Waals surface area contributed by atoms with Gasteiger partial charge >= 0.3 is 7.60 Å². The second-order valence-electron chi connectivity index (χ2n) is 9.48. The van der Waals surface area contributed by atoms with Gasteiger partial charge in [-0.15, -0.1) is 25.2 Å². The molecule has 0 aromatic rings. The van der Waals surface area contributed by atoms with Gasteiger partial charge < -0.3 is 25.4 Å². The molecule has 0 aromatic heterocycles. The fourth-order valence-electron chi connectivity index (χ4n) is 3.55. The first-order valence-electron chi connectivity index (χ1n) is 13.0. The van der Waals surface area contributed by atoms with Crippen LogP contribution in [0.25, 0.3) is 0 Å². The minimum atomic E-state index is -3.69. The van der Waals surface area contributed by atoms with Gasteiger partial charge in [0.2, 0.25) is 17.7 Å². The van der Waals surface area contributed by atoms with E-state index in [2.05, 4.69) is 33.7 Å². The molecule has 0 rings (SSSR count). The molecule has 0 spiro atoms. The molecular weight excluding hydrogens is 521 g/mol. The smallest absolute Gasteiger partial charge is 0.330 e. The first kappa shape index (κ1) is 35.9. The first-order chi connectivity index (χ1) is 18.4. The maximum Gasteiger partial charge on any atom is 0.330 e. The number of terminal acetylenes is 3. The minimum absolute atomic E-state index is 0.0152. The maximum absolute atomic E-state index is 13.0. The van der Waals surface area contributed by atoms with Gasteiger partial charge in [0, 0.05) is 44.1 Å². The number of carbonyl (C=O) groups is 4. The summed E-state index contributed by atoms with van der Waals surface area (Å²) in [4.78, 5) is 59.7. The van der Waals surface area contributed by atoms with Crippen LogP contribution in [0.4, 0.5) is 0 Å². The highest BCUT2D eigenvalue weighted by molar-refractivity contribution is 7.53. The molecule has 39 heavy (non-hydrogen) atoms. The lowest BCUT2D eigenvalue weighted by molar-refractivity contribution is -0.127. The zero-order valence-electron chi connectivity index (χ0n) is 23.1. The van der Waals surface area contributed by atoms with E-state index in [4.69, 9.17) is 23.8 Å². The molecule has 0 saturated heterocycles. The van der Waals surface area contributed by atoms with Crippen molar-refractivity contribution < 1.29 is 33.2 Å². The molecule has 0 aliphatic rings. The lowest BCUT2D eigenvalue weighted by atomic mass is 9.82. The minimum Gasteiger partial charge on any atom is -0.351 e. The summed E-state index contributed by atoms with van der Waals surface area (Å²) in [5.74, 6) is 6.00. The molecular formula is C28H42N3O7P. The highest BCUT2D eigenvalue weighted by atomic mass is 31.2. The van der Waals surface area contributed by atoms with Crippen LogP contribution in [-0.2, 0) is 28.3 Å². The molecule has 1 unspecified atom stereocenters. The predicted octanol–water partition coefficient (Wildman–Crippen LogP) is 2.44. The molecule has 3 amide bonds. The molecule has 0 bridgehead atoms. The van der Waals surface area contributed by atoms with E-state index < -0.39 is 18.8 Å². The standard InChI is InChI=1S/C28H42N3O7P/c1-6-9-12-24(32)14-17-28(18-15-25(33)29-20-7-2,19-16-26(34)30-21-8-3)31-27(35)13-10-11-22-38-39(36,37)23(4)5/h1-3,23H,9-22H2,4-5H3,(H,29,33)(H,30,34)(H,31,35)(H,36,37). The SMILES string of the molecule is C#CCCC(=O)CCC(CCC(=O)NCC#C)(CCC(=O)NCC#C)NC(=O)CCCCOP(=O)(O)C(C)C. The highest BCUT2D eigenvalue weighted by Gasteiger charge is 2.33. The van der Waals surface area contributed by atoms with E-state index in [-0.39, 0.29) is 94.6 Å². The molecule has 11 heteroatoms. The summed E-state index contributed by atoms with van der Waals surface area (Å²) in [6.45, 7) is 3.31. The summed E-state index contributed by atoms with van der Waals surface area (Å²) in [5, 5.41) is 8.13. The molecule has 0 aliphatic heterocycles. The van der Waals surface area contributed by atoms with E-state index in [0.717, 1.165) is 0 Å². The van der Waals surface area contributed by atoms with Crippen LogP contribution in [0.3, 0.4) is 0 Å².